The summed E-state index contributed by atoms with van der Waals surface area (Å²) in [5, 5.41) is 7.90. The van der Waals surface area contributed by atoms with Gasteiger partial charge in [-0.15, -0.1) is 0 Å². The fraction of sp³-hybridized carbons (Fsp3) is 0.471. The number of hydrogen-bond acceptors (Lipinski definition) is 3. The largest absolute Gasteiger partial charge is 0.383 e. The van der Waals surface area contributed by atoms with Crippen LogP contribution in [0.25, 0.3) is 0 Å². The predicted octanol–water partition coefficient (Wildman–Crippen LogP) is 2.59. The van der Waals surface area contributed by atoms with Crippen molar-refractivity contribution in [3.63, 3.8) is 0 Å². The van der Waals surface area contributed by atoms with E-state index in [1.165, 1.54) is 27.9 Å². The zero-order chi connectivity index (χ0) is 15.2. The number of hydrogen-bond donors (Lipinski definition) is 1. The van der Waals surface area contributed by atoms with Crippen molar-refractivity contribution < 1.29 is 4.74 Å². The molecule has 21 heavy (non-hydrogen) atoms. The van der Waals surface area contributed by atoms with E-state index in [-0.39, 0.29) is 0 Å². The second-order valence-electron chi connectivity index (χ2n) is 5.45. The van der Waals surface area contributed by atoms with E-state index in [0.717, 1.165) is 26.2 Å². The smallest absolute Gasteiger partial charge is 0.0667 e. The number of aryl methyl sites for hydroxylation is 2. The molecule has 0 radical (unpaired) electrons. The summed E-state index contributed by atoms with van der Waals surface area (Å²) in [6.07, 6.45) is 1.96. The van der Waals surface area contributed by atoms with Gasteiger partial charge >= 0.3 is 0 Å². The molecular formula is C17H25N3O. The second kappa shape index (κ2) is 7.38. The van der Waals surface area contributed by atoms with Crippen LogP contribution < -0.4 is 5.32 Å². The van der Waals surface area contributed by atoms with E-state index in [1.54, 1.807) is 7.11 Å². The van der Waals surface area contributed by atoms with Gasteiger partial charge in [0.1, 0.15) is 0 Å². The van der Waals surface area contributed by atoms with E-state index in [9.17, 15) is 0 Å². The SMILES string of the molecule is COCCNCc1cnn(Cc2c(C)cccc2C)c1C. The minimum Gasteiger partial charge on any atom is -0.383 e. The molecule has 1 aromatic carbocycles. The lowest BCUT2D eigenvalue weighted by molar-refractivity contribution is 0.199. The molecule has 0 spiro atoms. The van der Waals surface area contributed by atoms with Crippen LogP contribution in [0.2, 0.25) is 0 Å². The third-order valence-electron chi connectivity index (χ3n) is 3.96. The molecule has 4 heteroatoms. The van der Waals surface area contributed by atoms with Crippen molar-refractivity contribution in [2.45, 2.75) is 33.9 Å². The van der Waals surface area contributed by atoms with Crippen LogP contribution in [0.4, 0.5) is 0 Å². The Bertz CT molecular complexity index is 569. The summed E-state index contributed by atoms with van der Waals surface area (Å²) < 4.78 is 7.12. The van der Waals surface area contributed by atoms with Gasteiger partial charge in [-0.1, -0.05) is 18.2 Å². The Balaban J connectivity index is 2.06. The Labute approximate surface area is 127 Å². The first-order valence-electron chi connectivity index (χ1n) is 7.39. The minimum absolute atomic E-state index is 0.732. The van der Waals surface area contributed by atoms with E-state index in [1.807, 2.05) is 6.20 Å². The Morgan fingerprint density at radius 1 is 1.19 bits per heavy atom. The maximum absolute atomic E-state index is 5.04. The predicted molar refractivity (Wildman–Crippen MR) is 85.6 cm³/mol. The zero-order valence-electron chi connectivity index (χ0n) is 13.4. The van der Waals surface area contributed by atoms with Crippen LogP contribution in [0.1, 0.15) is 27.9 Å². The highest BCUT2D eigenvalue weighted by Gasteiger charge is 2.09. The zero-order valence-corrected chi connectivity index (χ0v) is 13.4. The Morgan fingerprint density at radius 3 is 2.57 bits per heavy atom. The molecule has 1 N–H and O–H groups in total. The van der Waals surface area contributed by atoms with Crippen LogP contribution in [0, 0.1) is 20.8 Å². The summed E-state index contributed by atoms with van der Waals surface area (Å²) in [6.45, 7) is 9.72. The third kappa shape index (κ3) is 3.93. The topological polar surface area (TPSA) is 39.1 Å². The normalized spacial score (nSPS) is 11.0. The van der Waals surface area contributed by atoms with E-state index in [2.05, 4.69) is 54.1 Å². The maximum atomic E-state index is 5.04. The molecule has 2 aromatic rings. The van der Waals surface area contributed by atoms with Crippen LogP contribution >= 0.6 is 0 Å². The van der Waals surface area contributed by atoms with Crippen molar-refractivity contribution >= 4 is 0 Å². The first-order valence-corrected chi connectivity index (χ1v) is 7.39. The number of nitrogens with one attached hydrogen (secondary N) is 1. The van der Waals surface area contributed by atoms with Gasteiger partial charge in [0.15, 0.2) is 0 Å². The average Bonchev–Trinajstić information content (AvgIpc) is 2.80. The van der Waals surface area contributed by atoms with Crippen LogP contribution in [0.3, 0.4) is 0 Å². The summed E-state index contributed by atoms with van der Waals surface area (Å²) in [4.78, 5) is 0. The van der Waals surface area contributed by atoms with Gasteiger partial charge in [-0.3, -0.25) is 4.68 Å². The summed E-state index contributed by atoms with van der Waals surface area (Å²) in [5.41, 5.74) is 6.48. The quantitative estimate of drug-likeness (QED) is 0.796. The molecule has 0 aliphatic heterocycles. The van der Waals surface area contributed by atoms with Crippen LogP contribution in [-0.2, 0) is 17.8 Å². The summed E-state index contributed by atoms with van der Waals surface area (Å²) in [6, 6.07) is 6.43. The first-order chi connectivity index (χ1) is 10.1. The highest BCUT2D eigenvalue weighted by Crippen LogP contribution is 2.16. The lowest BCUT2D eigenvalue weighted by Crippen LogP contribution is -2.19. The molecule has 0 aliphatic rings. The fourth-order valence-corrected chi connectivity index (χ4v) is 2.46. The van der Waals surface area contributed by atoms with E-state index < -0.39 is 0 Å². The molecule has 114 valence electrons. The highest BCUT2D eigenvalue weighted by atomic mass is 16.5. The van der Waals surface area contributed by atoms with Crippen molar-refractivity contribution in [1.29, 1.82) is 0 Å². The summed E-state index contributed by atoms with van der Waals surface area (Å²) in [5.74, 6) is 0. The number of aromatic nitrogens is 2. The van der Waals surface area contributed by atoms with E-state index >= 15 is 0 Å². The summed E-state index contributed by atoms with van der Waals surface area (Å²) in [7, 11) is 1.72. The lowest BCUT2D eigenvalue weighted by Gasteiger charge is -2.11. The molecule has 1 aromatic heterocycles. The van der Waals surface area contributed by atoms with Gasteiger partial charge in [0.05, 0.1) is 19.3 Å². The Hall–Kier alpha value is -1.65. The van der Waals surface area contributed by atoms with E-state index in [0.29, 0.717) is 0 Å². The van der Waals surface area contributed by atoms with Crippen LogP contribution in [0.15, 0.2) is 24.4 Å². The standard InChI is InChI=1S/C17H25N3O/c1-13-6-5-7-14(2)17(13)12-20-15(3)16(11-19-20)10-18-8-9-21-4/h5-7,11,18H,8-10,12H2,1-4H3. The number of ether oxygens (including phenoxy) is 1. The van der Waals surface area contributed by atoms with Gasteiger partial charge in [-0.05, 0) is 37.5 Å². The molecule has 0 saturated heterocycles. The molecule has 0 saturated carbocycles. The van der Waals surface area contributed by atoms with Crippen molar-refractivity contribution in [2.75, 3.05) is 20.3 Å². The summed E-state index contributed by atoms with van der Waals surface area (Å²) >= 11 is 0. The van der Waals surface area contributed by atoms with Gasteiger partial charge in [0.25, 0.3) is 0 Å². The van der Waals surface area contributed by atoms with Gasteiger partial charge in [-0.2, -0.15) is 5.10 Å². The molecule has 0 amide bonds. The fourth-order valence-electron chi connectivity index (χ4n) is 2.46. The molecule has 4 nitrogen and oxygen atoms in total. The Morgan fingerprint density at radius 2 is 1.90 bits per heavy atom. The van der Waals surface area contributed by atoms with Crippen LogP contribution in [0.5, 0.6) is 0 Å². The Kier molecular flexibility index (Phi) is 5.53. The molecule has 0 fully saturated rings. The lowest BCUT2D eigenvalue weighted by atomic mass is 10.0. The van der Waals surface area contributed by atoms with Gasteiger partial charge in [0.2, 0.25) is 0 Å². The number of benzene rings is 1. The molecule has 0 unspecified atom stereocenters. The molecule has 1 heterocycles. The number of nitrogens with zero attached hydrogens (tertiary/aromatic N) is 2. The maximum Gasteiger partial charge on any atom is 0.0667 e. The third-order valence-corrected chi connectivity index (χ3v) is 3.96. The van der Waals surface area contributed by atoms with Crippen molar-refractivity contribution in [3.8, 4) is 0 Å². The van der Waals surface area contributed by atoms with Crippen molar-refractivity contribution in [2.24, 2.45) is 0 Å². The molecule has 0 atom stereocenters. The molecule has 0 aliphatic carbocycles. The molecule has 0 bridgehead atoms. The van der Waals surface area contributed by atoms with Crippen molar-refractivity contribution in [1.82, 2.24) is 15.1 Å². The van der Waals surface area contributed by atoms with Gasteiger partial charge in [0, 0.05) is 31.5 Å². The minimum atomic E-state index is 0.732. The second-order valence-corrected chi connectivity index (χ2v) is 5.45. The van der Waals surface area contributed by atoms with Gasteiger partial charge in [-0.25, -0.2) is 0 Å². The average molecular weight is 287 g/mol. The number of methoxy groups -OCH3 is 1. The highest BCUT2D eigenvalue weighted by molar-refractivity contribution is 5.34. The molecular weight excluding hydrogens is 262 g/mol. The van der Waals surface area contributed by atoms with Crippen LogP contribution in [-0.4, -0.2) is 30.0 Å². The first kappa shape index (κ1) is 15.7. The van der Waals surface area contributed by atoms with Crippen molar-refractivity contribution in [3.05, 3.63) is 52.3 Å². The van der Waals surface area contributed by atoms with Gasteiger partial charge < -0.3 is 10.1 Å². The molecule has 2 rings (SSSR count). The monoisotopic (exact) mass is 287 g/mol. The van der Waals surface area contributed by atoms with E-state index in [4.69, 9.17) is 4.74 Å². The number of rotatable bonds is 7.